The van der Waals surface area contributed by atoms with Crippen LogP contribution in [0, 0.1) is 0 Å². The SMILES string of the molecule is CC(NCCCN1CCCCC1)c1cccc(Cl)c1Cl. The van der Waals surface area contributed by atoms with Gasteiger partial charge in [0, 0.05) is 6.04 Å². The third-order valence-corrected chi connectivity index (χ3v) is 4.83. The van der Waals surface area contributed by atoms with Gasteiger partial charge in [-0.3, -0.25) is 0 Å². The minimum Gasteiger partial charge on any atom is -0.310 e. The third-order valence-electron chi connectivity index (χ3n) is 4.00. The number of nitrogens with zero attached hydrogens (tertiary/aromatic N) is 1. The summed E-state index contributed by atoms with van der Waals surface area (Å²) >= 11 is 12.3. The van der Waals surface area contributed by atoms with Crippen LogP contribution in [0.3, 0.4) is 0 Å². The Kier molecular flexibility index (Phi) is 6.63. The van der Waals surface area contributed by atoms with Crippen LogP contribution in [0.2, 0.25) is 10.0 Å². The van der Waals surface area contributed by atoms with Crippen LogP contribution in [0.1, 0.15) is 44.2 Å². The number of hydrogen-bond acceptors (Lipinski definition) is 2. The van der Waals surface area contributed by atoms with Gasteiger partial charge in [0.25, 0.3) is 0 Å². The van der Waals surface area contributed by atoms with Gasteiger partial charge in [0.1, 0.15) is 0 Å². The average Bonchev–Trinajstić information content (AvgIpc) is 2.47. The molecule has 0 spiro atoms. The highest BCUT2D eigenvalue weighted by Crippen LogP contribution is 2.29. The fourth-order valence-electron chi connectivity index (χ4n) is 2.77. The quantitative estimate of drug-likeness (QED) is 0.777. The van der Waals surface area contributed by atoms with Gasteiger partial charge >= 0.3 is 0 Å². The molecule has 0 bridgehead atoms. The Labute approximate surface area is 132 Å². The summed E-state index contributed by atoms with van der Waals surface area (Å²) in [5.41, 5.74) is 1.08. The number of hydrogen-bond donors (Lipinski definition) is 1. The fraction of sp³-hybridized carbons (Fsp3) is 0.625. The maximum atomic E-state index is 6.24. The fourth-order valence-corrected chi connectivity index (χ4v) is 3.24. The highest BCUT2D eigenvalue weighted by Gasteiger charge is 2.12. The molecule has 1 heterocycles. The Balaban J connectivity index is 1.72. The summed E-state index contributed by atoms with van der Waals surface area (Å²) in [4.78, 5) is 2.57. The van der Waals surface area contributed by atoms with Crippen LogP contribution < -0.4 is 5.32 Å². The van der Waals surface area contributed by atoms with Gasteiger partial charge in [-0.2, -0.15) is 0 Å². The van der Waals surface area contributed by atoms with Crippen LogP contribution in [0.5, 0.6) is 0 Å². The molecular weight excluding hydrogens is 291 g/mol. The molecule has 0 aromatic heterocycles. The van der Waals surface area contributed by atoms with Crippen LogP contribution in [0.25, 0.3) is 0 Å². The Morgan fingerprint density at radius 2 is 1.95 bits per heavy atom. The first-order valence-electron chi connectivity index (χ1n) is 7.58. The summed E-state index contributed by atoms with van der Waals surface area (Å²) in [6.07, 6.45) is 5.31. The molecule has 1 atom stereocenters. The third kappa shape index (κ3) is 4.63. The molecule has 1 aliphatic rings. The molecule has 1 fully saturated rings. The van der Waals surface area contributed by atoms with Crippen LogP contribution >= 0.6 is 23.2 Å². The van der Waals surface area contributed by atoms with Gasteiger partial charge in [-0.05, 0) is 64.0 Å². The number of halogens is 2. The maximum Gasteiger partial charge on any atom is 0.0639 e. The number of likely N-dealkylation sites (tertiary alicyclic amines) is 1. The minimum absolute atomic E-state index is 0.238. The lowest BCUT2D eigenvalue weighted by Crippen LogP contribution is -2.32. The van der Waals surface area contributed by atoms with Crippen molar-refractivity contribution < 1.29 is 0 Å². The van der Waals surface area contributed by atoms with Crippen LogP contribution in [-0.4, -0.2) is 31.1 Å². The number of nitrogens with one attached hydrogen (secondary N) is 1. The van der Waals surface area contributed by atoms with E-state index >= 15 is 0 Å². The van der Waals surface area contributed by atoms with E-state index in [0.29, 0.717) is 10.0 Å². The van der Waals surface area contributed by atoms with E-state index in [1.807, 2.05) is 18.2 Å². The molecule has 0 amide bonds. The van der Waals surface area contributed by atoms with E-state index in [9.17, 15) is 0 Å². The van der Waals surface area contributed by atoms with E-state index in [0.717, 1.165) is 12.1 Å². The van der Waals surface area contributed by atoms with Crippen LogP contribution in [-0.2, 0) is 0 Å². The molecule has 112 valence electrons. The first kappa shape index (κ1) is 16.1. The van der Waals surface area contributed by atoms with Gasteiger partial charge in [0.2, 0.25) is 0 Å². The van der Waals surface area contributed by atoms with Crippen LogP contribution in [0.15, 0.2) is 18.2 Å². The lowest BCUT2D eigenvalue weighted by Gasteiger charge is -2.26. The molecule has 1 aromatic carbocycles. The van der Waals surface area contributed by atoms with Crippen molar-refractivity contribution in [2.45, 2.75) is 38.6 Å². The topological polar surface area (TPSA) is 15.3 Å². The van der Waals surface area contributed by atoms with E-state index in [2.05, 4.69) is 17.1 Å². The smallest absolute Gasteiger partial charge is 0.0639 e. The second kappa shape index (κ2) is 8.23. The van der Waals surface area contributed by atoms with Crippen molar-refractivity contribution in [2.24, 2.45) is 0 Å². The number of rotatable bonds is 6. The zero-order valence-electron chi connectivity index (χ0n) is 12.2. The monoisotopic (exact) mass is 314 g/mol. The molecule has 1 aliphatic heterocycles. The summed E-state index contributed by atoms with van der Waals surface area (Å²) < 4.78 is 0. The molecule has 4 heteroatoms. The van der Waals surface area contributed by atoms with E-state index in [-0.39, 0.29) is 6.04 Å². The largest absolute Gasteiger partial charge is 0.310 e. The second-order valence-electron chi connectivity index (χ2n) is 5.57. The van der Waals surface area contributed by atoms with Crippen molar-refractivity contribution in [1.29, 1.82) is 0 Å². The van der Waals surface area contributed by atoms with E-state index in [1.54, 1.807) is 0 Å². The van der Waals surface area contributed by atoms with E-state index in [1.165, 1.54) is 45.3 Å². The molecule has 1 saturated heterocycles. The first-order valence-corrected chi connectivity index (χ1v) is 8.33. The Morgan fingerprint density at radius 3 is 2.70 bits per heavy atom. The molecular formula is C16H24Cl2N2. The molecule has 1 aromatic rings. The van der Waals surface area contributed by atoms with Crippen molar-refractivity contribution in [1.82, 2.24) is 10.2 Å². The molecule has 1 unspecified atom stereocenters. The second-order valence-corrected chi connectivity index (χ2v) is 6.36. The summed E-state index contributed by atoms with van der Waals surface area (Å²) in [6.45, 7) is 6.90. The molecule has 2 nitrogen and oxygen atoms in total. The lowest BCUT2D eigenvalue weighted by atomic mass is 10.1. The van der Waals surface area contributed by atoms with Gasteiger partial charge < -0.3 is 10.2 Å². The van der Waals surface area contributed by atoms with Crippen molar-refractivity contribution in [3.63, 3.8) is 0 Å². The predicted octanol–water partition coefficient (Wildman–Crippen LogP) is 4.52. The normalized spacial score (nSPS) is 18.1. The molecule has 20 heavy (non-hydrogen) atoms. The van der Waals surface area contributed by atoms with Gasteiger partial charge in [-0.15, -0.1) is 0 Å². The van der Waals surface area contributed by atoms with Crippen LogP contribution in [0.4, 0.5) is 0 Å². The Morgan fingerprint density at radius 1 is 1.20 bits per heavy atom. The summed E-state index contributed by atoms with van der Waals surface area (Å²) in [6, 6.07) is 6.06. The summed E-state index contributed by atoms with van der Waals surface area (Å²) in [5.74, 6) is 0. The zero-order chi connectivity index (χ0) is 14.4. The van der Waals surface area contributed by atoms with Gasteiger partial charge in [0.05, 0.1) is 10.0 Å². The average molecular weight is 315 g/mol. The van der Waals surface area contributed by atoms with Crippen molar-refractivity contribution >= 4 is 23.2 Å². The number of piperidine rings is 1. The number of benzene rings is 1. The molecule has 2 rings (SSSR count). The summed E-state index contributed by atoms with van der Waals surface area (Å²) in [7, 11) is 0. The molecule has 0 saturated carbocycles. The first-order chi connectivity index (χ1) is 9.68. The van der Waals surface area contributed by atoms with Gasteiger partial charge in [-0.25, -0.2) is 0 Å². The van der Waals surface area contributed by atoms with Crippen molar-refractivity contribution in [2.75, 3.05) is 26.2 Å². The predicted molar refractivity (Wildman–Crippen MR) is 87.8 cm³/mol. The maximum absolute atomic E-state index is 6.24. The van der Waals surface area contributed by atoms with E-state index < -0.39 is 0 Å². The lowest BCUT2D eigenvalue weighted by molar-refractivity contribution is 0.225. The minimum atomic E-state index is 0.238. The van der Waals surface area contributed by atoms with Gasteiger partial charge in [0.15, 0.2) is 0 Å². The Hall–Kier alpha value is -0.280. The molecule has 1 N–H and O–H groups in total. The zero-order valence-corrected chi connectivity index (χ0v) is 13.7. The molecule has 0 aliphatic carbocycles. The van der Waals surface area contributed by atoms with Crippen molar-refractivity contribution in [3.8, 4) is 0 Å². The highest BCUT2D eigenvalue weighted by atomic mass is 35.5. The molecule has 0 radical (unpaired) electrons. The standard InChI is InChI=1S/C16H24Cl2N2/c1-13(14-7-5-8-15(17)16(14)18)19-9-6-12-20-10-3-2-4-11-20/h5,7-8,13,19H,2-4,6,9-12H2,1H3. The highest BCUT2D eigenvalue weighted by molar-refractivity contribution is 6.42. The van der Waals surface area contributed by atoms with Crippen molar-refractivity contribution in [3.05, 3.63) is 33.8 Å². The summed E-state index contributed by atoms with van der Waals surface area (Å²) in [5, 5.41) is 4.84. The van der Waals surface area contributed by atoms with E-state index in [4.69, 9.17) is 23.2 Å². The Bertz CT molecular complexity index is 417. The van der Waals surface area contributed by atoms with Gasteiger partial charge in [-0.1, -0.05) is 41.8 Å².